The standard InChI is InChI=1S/C20H16ClFN4O2S3/c1-12-10-23-19(30-12)26-31(27,28)18-7-6-15(9-17(18)22)24-20-25-16(11-29-20)8-13-2-4-14(21)5-3-13/h2-7,9-11H,8H2,1H3,(H,23,26)(H,24,25). The Morgan fingerprint density at radius 3 is 2.58 bits per heavy atom. The highest BCUT2D eigenvalue weighted by molar-refractivity contribution is 7.93. The fraction of sp³-hybridized carbons (Fsp3) is 0.100. The minimum atomic E-state index is -4.08. The molecule has 0 bridgehead atoms. The molecule has 2 aromatic heterocycles. The van der Waals surface area contributed by atoms with E-state index in [1.807, 2.05) is 29.6 Å². The Hall–Kier alpha value is -2.53. The van der Waals surface area contributed by atoms with E-state index in [0.29, 0.717) is 22.3 Å². The van der Waals surface area contributed by atoms with Crippen molar-refractivity contribution in [2.24, 2.45) is 0 Å². The molecule has 0 amide bonds. The largest absolute Gasteiger partial charge is 0.331 e. The quantitative estimate of drug-likeness (QED) is 0.337. The maximum Gasteiger partial charge on any atom is 0.266 e. The number of nitrogens with one attached hydrogen (secondary N) is 2. The van der Waals surface area contributed by atoms with Crippen LogP contribution in [0.2, 0.25) is 5.02 Å². The van der Waals surface area contributed by atoms with Crippen molar-refractivity contribution in [1.82, 2.24) is 9.97 Å². The van der Waals surface area contributed by atoms with Gasteiger partial charge in [0, 0.05) is 33.6 Å². The molecule has 2 N–H and O–H groups in total. The number of rotatable bonds is 7. The van der Waals surface area contributed by atoms with Gasteiger partial charge in [0.1, 0.15) is 10.7 Å². The molecule has 2 aromatic carbocycles. The van der Waals surface area contributed by atoms with Crippen molar-refractivity contribution in [2.75, 3.05) is 10.0 Å². The van der Waals surface area contributed by atoms with Crippen LogP contribution in [0.15, 0.2) is 58.9 Å². The van der Waals surface area contributed by atoms with Gasteiger partial charge in [-0.25, -0.2) is 22.8 Å². The van der Waals surface area contributed by atoms with Crippen molar-refractivity contribution in [1.29, 1.82) is 0 Å². The lowest BCUT2D eigenvalue weighted by Crippen LogP contribution is -2.14. The zero-order valence-corrected chi connectivity index (χ0v) is 19.3. The molecule has 0 fully saturated rings. The summed E-state index contributed by atoms with van der Waals surface area (Å²) < 4.78 is 41.8. The van der Waals surface area contributed by atoms with Crippen molar-refractivity contribution in [3.63, 3.8) is 0 Å². The van der Waals surface area contributed by atoms with Crippen molar-refractivity contribution in [2.45, 2.75) is 18.2 Å². The molecular weight excluding hydrogens is 479 g/mol. The Morgan fingerprint density at radius 1 is 1.13 bits per heavy atom. The number of benzene rings is 2. The number of aryl methyl sites for hydroxylation is 1. The van der Waals surface area contributed by atoms with E-state index in [0.717, 1.165) is 22.2 Å². The van der Waals surface area contributed by atoms with Crippen LogP contribution in [-0.4, -0.2) is 18.4 Å². The fourth-order valence-corrected chi connectivity index (χ4v) is 5.57. The molecule has 0 aliphatic carbocycles. The van der Waals surface area contributed by atoms with Gasteiger partial charge in [-0.15, -0.1) is 22.7 Å². The summed E-state index contributed by atoms with van der Waals surface area (Å²) in [4.78, 5) is 8.84. The number of hydrogen-bond acceptors (Lipinski definition) is 7. The van der Waals surface area contributed by atoms with Crippen molar-refractivity contribution >= 4 is 60.2 Å². The van der Waals surface area contributed by atoms with Gasteiger partial charge in [-0.05, 0) is 42.8 Å². The molecule has 0 aliphatic rings. The number of anilines is 3. The van der Waals surface area contributed by atoms with Gasteiger partial charge in [-0.3, -0.25) is 4.72 Å². The molecule has 0 aliphatic heterocycles. The molecular formula is C20H16ClFN4O2S3. The van der Waals surface area contributed by atoms with E-state index in [4.69, 9.17) is 11.6 Å². The zero-order chi connectivity index (χ0) is 22.0. The maximum atomic E-state index is 14.6. The van der Waals surface area contributed by atoms with E-state index >= 15 is 0 Å². The van der Waals surface area contributed by atoms with E-state index in [-0.39, 0.29) is 5.13 Å². The Labute approximate surface area is 191 Å². The predicted octanol–water partition coefficient (Wildman–Crippen LogP) is 5.84. The molecule has 31 heavy (non-hydrogen) atoms. The Morgan fingerprint density at radius 2 is 1.90 bits per heavy atom. The van der Waals surface area contributed by atoms with Crippen LogP contribution < -0.4 is 10.0 Å². The van der Waals surface area contributed by atoms with E-state index < -0.39 is 20.7 Å². The third kappa shape index (κ3) is 5.40. The van der Waals surface area contributed by atoms with E-state index in [2.05, 4.69) is 20.0 Å². The molecule has 2 heterocycles. The van der Waals surface area contributed by atoms with Gasteiger partial charge >= 0.3 is 0 Å². The minimum Gasteiger partial charge on any atom is -0.331 e. The fourth-order valence-electron chi connectivity index (χ4n) is 2.75. The molecule has 0 saturated carbocycles. The van der Waals surface area contributed by atoms with Gasteiger partial charge in [0.25, 0.3) is 10.0 Å². The number of nitrogens with zero attached hydrogens (tertiary/aromatic N) is 2. The highest BCUT2D eigenvalue weighted by atomic mass is 35.5. The number of hydrogen-bond donors (Lipinski definition) is 2. The number of thiazole rings is 2. The van der Waals surface area contributed by atoms with Crippen LogP contribution in [-0.2, 0) is 16.4 Å². The number of aromatic nitrogens is 2. The summed E-state index contributed by atoms with van der Waals surface area (Å²) in [6.45, 7) is 1.80. The topological polar surface area (TPSA) is 84.0 Å². The van der Waals surface area contributed by atoms with Crippen molar-refractivity contribution < 1.29 is 12.8 Å². The van der Waals surface area contributed by atoms with Gasteiger partial charge in [0.15, 0.2) is 10.3 Å². The van der Waals surface area contributed by atoms with Crippen LogP contribution in [0.25, 0.3) is 0 Å². The Balaban J connectivity index is 1.46. The lowest BCUT2D eigenvalue weighted by Gasteiger charge is -2.08. The summed E-state index contributed by atoms with van der Waals surface area (Å²) in [7, 11) is -4.08. The van der Waals surface area contributed by atoms with E-state index in [1.54, 1.807) is 13.1 Å². The Kier molecular flexibility index (Phi) is 6.24. The highest BCUT2D eigenvalue weighted by Gasteiger charge is 2.21. The second kappa shape index (κ2) is 8.91. The number of halogens is 2. The van der Waals surface area contributed by atoms with Gasteiger partial charge in [-0.2, -0.15) is 0 Å². The van der Waals surface area contributed by atoms with Crippen molar-refractivity contribution in [3.05, 3.63) is 81.0 Å². The molecule has 0 radical (unpaired) electrons. The van der Waals surface area contributed by atoms with Crippen LogP contribution in [0.1, 0.15) is 16.1 Å². The first kappa shape index (κ1) is 21.7. The predicted molar refractivity (Wildman–Crippen MR) is 124 cm³/mol. The van der Waals surface area contributed by atoms with Crippen LogP contribution >= 0.6 is 34.3 Å². The molecule has 4 aromatic rings. The molecule has 160 valence electrons. The third-order valence-corrected chi connectivity index (χ3v) is 7.55. The molecule has 6 nitrogen and oxygen atoms in total. The number of sulfonamides is 1. The summed E-state index contributed by atoms with van der Waals surface area (Å²) in [6, 6.07) is 11.3. The molecule has 4 rings (SSSR count). The molecule has 11 heteroatoms. The summed E-state index contributed by atoms with van der Waals surface area (Å²) in [5.74, 6) is -0.872. The maximum absolute atomic E-state index is 14.6. The van der Waals surface area contributed by atoms with E-state index in [9.17, 15) is 12.8 Å². The average Bonchev–Trinajstić information content (AvgIpc) is 3.31. The Bertz CT molecular complexity index is 1320. The summed E-state index contributed by atoms with van der Waals surface area (Å²) in [5, 5.41) is 6.37. The molecule has 0 atom stereocenters. The normalized spacial score (nSPS) is 11.5. The van der Waals surface area contributed by atoms with Gasteiger partial charge in [-0.1, -0.05) is 23.7 Å². The first-order valence-corrected chi connectivity index (χ1v) is 12.5. The van der Waals surface area contributed by atoms with Crippen LogP contribution in [0.5, 0.6) is 0 Å². The van der Waals surface area contributed by atoms with Crippen molar-refractivity contribution in [3.8, 4) is 0 Å². The average molecular weight is 495 g/mol. The molecule has 0 saturated heterocycles. The first-order valence-electron chi connectivity index (χ1n) is 8.99. The highest BCUT2D eigenvalue weighted by Crippen LogP contribution is 2.27. The second-order valence-corrected chi connectivity index (χ2v) is 10.8. The summed E-state index contributed by atoms with van der Waals surface area (Å²) in [6.07, 6.45) is 2.18. The molecule has 0 unspecified atom stereocenters. The second-order valence-electron chi connectivity index (χ2n) is 6.60. The SMILES string of the molecule is Cc1cnc(NS(=O)(=O)c2ccc(Nc3nc(Cc4ccc(Cl)cc4)cs3)cc2F)s1. The lowest BCUT2D eigenvalue weighted by atomic mass is 10.1. The summed E-state index contributed by atoms with van der Waals surface area (Å²) in [5.41, 5.74) is 2.33. The first-order chi connectivity index (χ1) is 14.8. The molecule has 0 spiro atoms. The van der Waals surface area contributed by atoms with Crippen LogP contribution in [0, 0.1) is 12.7 Å². The summed E-state index contributed by atoms with van der Waals surface area (Å²) >= 11 is 8.46. The monoisotopic (exact) mass is 494 g/mol. The van der Waals surface area contributed by atoms with Gasteiger partial charge in [0.2, 0.25) is 0 Å². The van der Waals surface area contributed by atoms with Crippen LogP contribution in [0.3, 0.4) is 0 Å². The zero-order valence-electron chi connectivity index (χ0n) is 16.1. The van der Waals surface area contributed by atoms with Gasteiger partial charge < -0.3 is 5.32 Å². The smallest absolute Gasteiger partial charge is 0.266 e. The van der Waals surface area contributed by atoms with Gasteiger partial charge in [0.05, 0.1) is 5.69 Å². The third-order valence-electron chi connectivity index (χ3n) is 4.17. The van der Waals surface area contributed by atoms with E-state index in [1.165, 1.54) is 34.8 Å². The van der Waals surface area contributed by atoms with Crippen LogP contribution in [0.4, 0.5) is 20.3 Å². The lowest BCUT2D eigenvalue weighted by molar-refractivity contribution is 0.570. The minimum absolute atomic E-state index is 0.190.